The number of nitrogens with zero attached hydrogens (tertiary/aromatic N) is 3. The third-order valence-electron chi connectivity index (χ3n) is 3.41. The van der Waals surface area contributed by atoms with Crippen molar-refractivity contribution in [1.82, 2.24) is 15.0 Å². The Labute approximate surface area is 120 Å². The van der Waals surface area contributed by atoms with Gasteiger partial charge in [0.25, 0.3) is 0 Å². The molecule has 2 aromatic rings. The van der Waals surface area contributed by atoms with Crippen LogP contribution in [0.25, 0.3) is 10.7 Å². The van der Waals surface area contributed by atoms with Crippen LogP contribution in [-0.2, 0) is 6.42 Å². The van der Waals surface area contributed by atoms with Gasteiger partial charge in [0.1, 0.15) is 0 Å². The van der Waals surface area contributed by atoms with Gasteiger partial charge in [0.05, 0.1) is 17.1 Å². The van der Waals surface area contributed by atoms with E-state index in [4.69, 9.17) is 4.52 Å². The van der Waals surface area contributed by atoms with Crippen LogP contribution in [0.5, 0.6) is 0 Å². The molecule has 3 rings (SSSR count). The standard InChI is InChI=1S/C13H17N3O3S/c17-9-7-16(8-10(9)18)5-1-4-12-14-13(15-19-12)11-3-2-6-20-11/h2-3,6,9-10,17-18H,1,4-5,7-8H2. The fourth-order valence-electron chi connectivity index (χ4n) is 2.35. The summed E-state index contributed by atoms with van der Waals surface area (Å²) < 4.78 is 5.22. The molecule has 7 heteroatoms. The fraction of sp³-hybridized carbons (Fsp3) is 0.538. The van der Waals surface area contributed by atoms with Crippen molar-refractivity contribution in [2.75, 3.05) is 19.6 Å². The average Bonchev–Trinajstić information content (AvgIpc) is 3.12. The summed E-state index contributed by atoms with van der Waals surface area (Å²) in [5, 5.41) is 24.9. The lowest BCUT2D eigenvalue weighted by molar-refractivity contribution is 0.0572. The van der Waals surface area contributed by atoms with E-state index >= 15 is 0 Å². The molecule has 6 nitrogen and oxygen atoms in total. The van der Waals surface area contributed by atoms with E-state index in [1.54, 1.807) is 11.3 Å². The topological polar surface area (TPSA) is 82.6 Å². The minimum atomic E-state index is -0.621. The van der Waals surface area contributed by atoms with Crippen LogP contribution in [0.15, 0.2) is 22.0 Å². The van der Waals surface area contributed by atoms with Crippen molar-refractivity contribution in [1.29, 1.82) is 0 Å². The lowest BCUT2D eigenvalue weighted by Gasteiger charge is -2.13. The zero-order valence-corrected chi connectivity index (χ0v) is 11.8. The van der Waals surface area contributed by atoms with Crippen molar-refractivity contribution in [2.24, 2.45) is 0 Å². The average molecular weight is 295 g/mol. The monoisotopic (exact) mass is 295 g/mol. The predicted octanol–water partition coefficient (Wildman–Crippen LogP) is 0.768. The molecule has 1 fully saturated rings. The van der Waals surface area contributed by atoms with Gasteiger partial charge in [0.15, 0.2) is 0 Å². The van der Waals surface area contributed by atoms with Gasteiger partial charge in [-0.25, -0.2) is 0 Å². The Morgan fingerprint density at radius 2 is 2.15 bits per heavy atom. The number of aryl methyl sites for hydroxylation is 1. The first-order valence-electron chi connectivity index (χ1n) is 6.67. The van der Waals surface area contributed by atoms with Crippen molar-refractivity contribution in [3.05, 3.63) is 23.4 Å². The van der Waals surface area contributed by atoms with Crippen LogP contribution in [0.4, 0.5) is 0 Å². The van der Waals surface area contributed by atoms with E-state index in [9.17, 15) is 10.2 Å². The van der Waals surface area contributed by atoms with Crippen molar-refractivity contribution >= 4 is 11.3 Å². The number of hydrogen-bond acceptors (Lipinski definition) is 7. The molecule has 0 spiro atoms. The lowest BCUT2D eigenvalue weighted by Crippen LogP contribution is -2.23. The molecule has 3 heterocycles. The van der Waals surface area contributed by atoms with Gasteiger partial charge in [-0.05, 0) is 24.4 Å². The highest BCUT2D eigenvalue weighted by atomic mass is 32.1. The minimum Gasteiger partial charge on any atom is -0.389 e. The smallest absolute Gasteiger partial charge is 0.227 e. The highest BCUT2D eigenvalue weighted by Gasteiger charge is 2.28. The molecule has 2 aromatic heterocycles. The number of hydrogen-bond donors (Lipinski definition) is 2. The third-order valence-corrected chi connectivity index (χ3v) is 4.28. The fourth-order valence-corrected chi connectivity index (χ4v) is 2.99. The number of aliphatic hydroxyl groups is 2. The van der Waals surface area contributed by atoms with Gasteiger partial charge >= 0.3 is 0 Å². The predicted molar refractivity (Wildman–Crippen MR) is 74.4 cm³/mol. The van der Waals surface area contributed by atoms with Gasteiger partial charge in [-0.2, -0.15) is 4.98 Å². The highest BCUT2D eigenvalue weighted by Crippen LogP contribution is 2.21. The van der Waals surface area contributed by atoms with Crippen LogP contribution < -0.4 is 0 Å². The van der Waals surface area contributed by atoms with Crippen LogP contribution in [-0.4, -0.2) is 57.1 Å². The van der Waals surface area contributed by atoms with Crippen molar-refractivity contribution in [3.63, 3.8) is 0 Å². The molecule has 20 heavy (non-hydrogen) atoms. The summed E-state index contributed by atoms with van der Waals surface area (Å²) in [5.74, 6) is 1.27. The van der Waals surface area contributed by atoms with E-state index in [0.717, 1.165) is 17.8 Å². The maximum absolute atomic E-state index is 9.46. The Morgan fingerprint density at radius 1 is 1.35 bits per heavy atom. The summed E-state index contributed by atoms with van der Waals surface area (Å²) in [6.07, 6.45) is 0.333. The van der Waals surface area contributed by atoms with Crippen LogP contribution in [0.1, 0.15) is 12.3 Å². The molecule has 0 aliphatic carbocycles. The number of likely N-dealkylation sites (tertiary alicyclic amines) is 1. The Hall–Kier alpha value is -1.28. The molecule has 1 saturated heterocycles. The molecule has 2 unspecified atom stereocenters. The van der Waals surface area contributed by atoms with Gasteiger partial charge in [-0.3, -0.25) is 4.90 Å². The van der Waals surface area contributed by atoms with Gasteiger partial charge < -0.3 is 14.7 Å². The summed E-state index contributed by atoms with van der Waals surface area (Å²) in [7, 11) is 0. The van der Waals surface area contributed by atoms with Gasteiger partial charge in [-0.15, -0.1) is 11.3 Å². The van der Waals surface area contributed by atoms with Gasteiger partial charge in [0, 0.05) is 19.5 Å². The van der Waals surface area contributed by atoms with E-state index in [0.29, 0.717) is 31.2 Å². The second-order valence-corrected chi connectivity index (χ2v) is 5.93. The second kappa shape index (κ2) is 6.01. The largest absolute Gasteiger partial charge is 0.389 e. The molecule has 1 aliphatic rings. The van der Waals surface area contributed by atoms with Gasteiger partial charge in [0.2, 0.25) is 11.7 Å². The zero-order valence-electron chi connectivity index (χ0n) is 11.0. The van der Waals surface area contributed by atoms with Crippen LogP contribution in [0.2, 0.25) is 0 Å². The molecular formula is C13H17N3O3S. The summed E-state index contributed by atoms with van der Waals surface area (Å²) in [6, 6.07) is 3.92. The quantitative estimate of drug-likeness (QED) is 0.848. The number of aromatic nitrogens is 2. The zero-order chi connectivity index (χ0) is 13.9. The van der Waals surface area contributed by atoms with Crippen LogP contribution in [0.3, 0.4) is 0 Å². The van der Waals surface area contributed by atoms with Crippen molar-refractivity contribution in [3.8, 4) is 10.7 Å². The number of rotatable bonds is 5. The van der Waals surface area contributed by atoms with Crippen molar-refractivity contribution in [2.45, 2.75) is 25.0 Å². The van der Waals surface area contributed by atoms with Crippen LogP contribution >= 0.6 is 11.3 Å². The SMILES string of the molecule is OC1CN(CCCc2nc(-c3cccs3)no2)CC1O. The summed E-state index contributed by atoms with van der Waals surface area (Å²) in [5.41, 5.74) is 0. The first-order valence-corrected chi connectivity index (χ1v) is 7.55. The molecule has 0 aromatic carbocycles. The van der Waals surface area contributed by atoms with E-state index in [-0.39, 0.29) is 0 Å². The Balaban J connectivity index is 1.47. The lowest BCUT2D eigenvalue weighted by atomic mass is 10.3. The van der Waals surface area contributed by atoms with E-state index < -0.39 is 12.2 Å². The maximum atomic E-state index is 9.46. The van der Waals surface area contributed by atoms with Crippen molar-refractivity contribution < 1.29 is 14.7 Å². The number of thiophene rings is 1. The Kier molecular flexibility index (Phi) is 4.11. The molecule has 1 aliphatic heterocycles. The third kappa shape index (κ3) is 3.06. The first kappa shape index (κ1) is 13.7. The minimum absolute atomic E-state index is 0.533. The molecule has 0 bridgehead atoms. The normalized spacial score (nSPS) is 23.5. The number of β-amino-alcohol motifs (C(OH)–C–C–N with tert-alkyl or cyclic N) is 2. The summed E-state index contributed by atoms with van der Waals surface area (Å²) >= 11 is 1.59. The summed E-state index contributed by atoms with van der Waals surface area (Å²) in [6.45, 7) is 1.88. The van der Waals surface area contributed by atoms with E-state index in [1.165, 1.54) is 0 Å². The molecular weight excluding hydrogens is 278 g/mol. The van der Waals surface area contributed by atoms with Gasteiger partial charge in [-0.1, -0.05) is 11.2 Å². The van der Waals surface area contributed by atoms with Crippen LogP contribution in [0, 0.1) is 0 Å². The molecule has 2 atom stereocenters. The molecule has 0 saturated carbocycles. The first-order chi connectivity index (χ1) is 9.72. The Morgan fingerprint density at radius 3 is 2.85 bits per heavy atom. The number of aliphatic hydroxyl groups excluding tert-OH is 2. The maximum Gasteiger partial charge on any atom is 0.227 e. The Bertz CT molecular complexity index is 533. The second-order valence-electron chi connectivity index (χ2n) is 4.99. The molecule has 0 amide bonds. The molecule has 0 radical (unpaired) electrons. The highest BCUT2D eigenvalue weighted by molar-refractivity contribution is 7.13. The summed E-state index contributed by atoms with van der Waals surface area (Å²) in [4.78, 5) is 7.41. The van der Waals surface area contributed by atoms with E-state index in [1.807, 2.05) is 22.4 Å². The molecule has 2 N–H and O–H groups in total. The molecule has 108 valence electrons. The van der Waals surface area contributed by atoms with E-state index in [2.05, 4.69) is 10.1 Å².